The Kier molecular flexibility index (Phi) is 630. The van der Waals surface area contributed by atoms with E-state index in [1.54, 1.807) is 0 Å². The summed E-state index contributed by atoms with van der Waals surface area (Å²) in [5.74, 6) is 0. The maximum Gasteiger partial charge on any atom is 5.00 e. The molecule has 0 aromatic rings. The molecule has 0 rings (SSSR count). The smallest absolute Gasteiger partial charge is 1.00 e. The van der Waals surface area contributed by atoms with E-state index >= 15 is 0 Å². The van der Waals surface area contributed by atoms with Gasteiger partial charge < -0.3 is 84.9 Å². The third-order valence-corrected chi connectivity index (χ3v) is 0. The van der Waals surface area contributed by atoms with Crippen LogP contribution in [0.25, 0.3) is 0 Å². The van der Waals surface area contributed by atoms with E-state index in [1.165, 1.54) is 0 Å². The van der Waals surface area contributed by atoms with Crippen molar-refractivity contribution in [2.45, 2.75) is 0 Å². The van der Waals surface area contributed by atoms with Gasteiger partial charge in [-0.3, -0.25) is 0 Å². The molecule has 0 aromatic carbocycles. The van der Waals surface area contributed by atoms with E-state index < -0.39 is 0 Å². The fourth-order valence-corrected chi connectivity index (χ4v) is 0. The summed E-state index contributed by atoms with van der Waals surface area (Å²) in [6, 6.07) is 0. The molecule has 0 aliphatic rings. The average molecular weight is 530 g/mol. The number of rotatable bonds is 0. The standard InChI is InChI=1S/5BrH.Br.V/h5*1H;;/q;;;;;;+5/p-5. The van der Waals surface area contributed by atoms with E-state index in [2.05, 4.69) is 0 Å². The van der Waals surface area contributed by atoms with E-state index in [9.17, 15) is 0 Å². The first kappa shape index (κ1) is 78.1. The van der Waals surface area contributed by atoms with Gasteiger partial charge in [0, 0.05) is 17.0 Å². The molecule has 0 nitrogen and oxygen atoms in total. The van der Waals surface area contributed by atoms with Gasteiger partial charge in [0.05, 0.1) is 0 Å². The van der Waals surface area contributed by atoms with Gasteiger partial charge in [0.2, 0.25) is 0 Å². The molecule has 7 heteroatoms. The molecular weight excluding hydrogens is 530 g/mol. The van der Waals surface area contributed by atoms with Gasteiger partial charge in [-0.25, -0.2) is 0 Å². The Morgan fingerprint density at radius 1 is 0.429 bits per heavy atom. The van der Waals surface area contributed by atoms with E-state index in [1.807, 2.05) is 0 Å². The quantitative estimate of drug-likeness (QED) is 0.292. The SMILES string of the molecule is [Br-].[Br-].[Br-].[Br-].[Br-].[Br].[V+5]. The zero-order valence-corrected chi connectivity index (χ0v) is 13.6. The van der Waals surface area contributed by atoms with Crippen LogP contribution in [0, 0.1) is 0 Å². The van der Waals surface area contributed by atoms with Gasteiger partial charge in [0.25, 0.3) is 0 Å². The predicted molar refractivity (Wildman–Crippen MR) is 8.93 cm³/mol. The van der Waals surface area contributed by atoms with Gasteiger partial charge in [-0.2, -0.15) is 0 Å². The van der Waals surface area contributed by atoms with Crippen molar-refractivity contribution in [2.24, 2.45) is 0 Å². The number of hydrogen-bond donors (Lipinski definition) is 0. The van der Waals surface area contributed by atoms with Crippen LogP contribution in [0.4, 0.5) is 0 Å². The Labute approximate surface area is 118 Å². The predicted octanol–water partition coefficient (Wildman–Crippen LogP) is -14.1. The Hall–Kier alpha value is 3.46. The van der Waals surface area contributed by atoms with Crippen molar-refractivity contribution < 1.29 is 103 Å². The molecule has 0 amide bonds. The van der Waals surface area contributed by atoms with Crippen molar-refractivity contribution in [3.63, 3.8) is 0 Å². The first-order chi connectivity index (χ1) is 0. The van der Waals surface area contributed by atoms with Crippen molar-refractivity contribution in [1.82, 2.24) is 0 Å². The Balaban J connectivity index is 0. The Morgan fingerprint density at radius 3 is 0.429 bits per heavy atom. The monoisotopic (exact) mass is 524 g/mol. The molecule has 7 heavy (non-hydrogen) atoms. The summed E-state index contributed by atoms with van der Waals surface area (Å²) in [5.41, 5.74) is 0. The maximum atomic E-state index is 0. The van der Waals surface area contributed by atoms with Crippen LogP contribution in [0.2, 0.25) is 0 Å². The van der Waals surface area contributed by atoms with Crippen molar-refractivity contribution in [1.29, 1.82) is 0 Å². The molecule has 0 spiro atoms. The van der Waals surface area contributed by atoms with Gasteiger partial charge in [-0.05, 0) is 0 Å². The fraction of sp³-hybridized carbons (Fsp3) is 0. The van der Waals surface area contributed by atoms with Gasteiger partial charge in [-0.1, -0.05) is 0 Å². The molecule has 0 aliphatic carbocycles. The normalized spacial score (nSPS) is 0. The van der Waals surface area contributed by atoms with Gasteiger partial charge >= 0.3 is 18.6 Å². The minimum absolute atomic E-state index is 0. The largest absolute Gasteiger partial charge is 5.00 e. The molecule has 1 radical (unpaired) electrons. The molecule has 0 heterocycles. The molecule has 47 valence electrons. The van der Waals surface area contributed by atoms with Crippen molar-refractivity contribution >= 4 is 17.0 Å². The Morgan fingerprint density at radius 2 is 0.429 bits per heavy atom. The van der Waals surface area contributed by atoms with Gasteiger partial charge in [0.15, 0.2) is 0 Å². The second kappa shape index (κ2) is 56.5. The molecule has 0 atom stereocenters. The summed E-state index contributed by atoms with van der Waals surface area (Å²) < 4.78 is 0. The van der Waals surface area contributed by atoms with E-state index in [0.717, 1.165) is 0 Å². The third-order valence-electron chi connectivity index (χ3n) is 0. The van der Waals surface area contributed by atoms with E-state index in [0.29, 0.717) is 0 Å². The number of halogens is 6. The minimum Gasteiger partial charge on any atom is -1.00 e. The minimum atomic E-state index is 0. The first-order valence-corrected chi connectivity index (χ1v) is 0. The Bertz CT molecular complexity index is 4.14. The zero-order chi connectivity index (χ0) is 0. The van der Waals surface area contributed by atoms with Crippen LogP contribution >= 0.6 is 17.0 Å². The summed E-state index contributed by atoms with van der Waals surface area (Å²) >= 11 is 0. The molecule has 0 fully saturated rings. The third kappa shape index (κ3) is 43.9. The molecule has 0 aliphatic heterocycles. The van der Waals surface area contributed by atoms with E-state index in [4.69, 9.17) is 0 Å². The van der Waals surface area contributed by atoms with Crippen LogP contribution in [-0.2, 0) is 18.6 Å². The van der Waals surface area contributed by atoms with E-state index in [-0.39, 0.29) is 120 Å². The summed E-state index contributed by atoms with van der Waals surface area (Å²) in [4.78, 5) is 0. The molecule has 0 saturated carbocycles. The second-order valence-electron chi connectivity index (χ2n) is 0. The molecular formula is Br6V. The van der Waals surface area contributed by atoms with Crippen LogP contribution < -0.4 is 84.9 Å². The second-order valence-corrected chi connectivity index (χ2v) is 0. The molecule has 0 bridgehead atoms. The molecule has 0 N–H and O–H groups in total. The number of hydrogen-bond acceptors (Lipinski definition) is 0. The maximum absolute atomic E-state index is 0. The summed E-state index contributed by atoms with van der Waals surface area (Å²) in [6.07, 6.45) is 0. The zero-order valence-electron chi connectivity index (χ0n) is 2.72. The van der Waals surface area contributed by atoms with Crippen molar-refractivity contribution in [3.8, 4) is 0 Å². The topological polar surface area (TPSA) is 0 Å². The van der Waals surface area contributed by atoms with Crippen LogP contribution in [0.3, 0.4) is 0 Å². The van der Waals surface area contributed by atoms with Gasteiger partial charge in [0.1, 0.15) is 0 Å². The summed E-state index contributed by atoms with van der Waals surface area (Å²) in [6.45, 7) is 0. The summed E-state index contributed by atoms with van der Waals surface area (Å²) in [7, 11) is 0. The van der Waals surface area contributed by atoms with Gasteiger partial charge in [-0.15, -0.1) is 0 Å². The average Bonchev–Trinajstić information content (AvgIpc) is 0. The molecule has 0 aromatic heterocycles. The molecule has 0 saturated heterocycles. The first-order valence-electron chi connectivity index (χ1n) is 0. The van der Waals surface area contributed by atoms with Crippen LogP contribution in [-0.4, -0.2) is 0 Å². The summed E-state index contributed by atoms with van der Waals surface area (Å²) in [5, 5.41) is 0. The van der Waals surface area contributed by atoms with Crippen LogP contribution in [0.15, 0.2) is 0 Å². The van der Waals surface area contributed by atoms with Crippen molar-refractivity contribution in [2.75, 3.05) is 0 Å². The van der Waals surface area contributed by atoms with Crippen molar-refractivity contribution in [3.05, 3.63) is 0 Å². The van der Waals surface area contributed by atoms with Crippen LogP contribution in [0.1, 0.15) is 0 Å². The van der Waals surface area contributed by atoms with Crippen LogP contribution in [0.5, 0.6) is 0 Å². The molecule has 0 unspecified atom stereocenters. The fourth-order valence-electron chi connectivity index (χ4n) is 0.